The number of nitrogens with one attached hydrogen (secondary N) is 1. The van der Waals surface area contributed by atoms with Gasteiger partial charge in [-0.15, -0.1) is 0 Å². The fourth-order valence-corrected chi connectivity index (χ4v) is 4.51. The van der Waals surface area contributed by atoms with Gasteiger partial charge in [-0.05, 0) is 56.8 Å². The van der Waals surface area contributed by atoms with E-state index in [1.165, 1.54) is 0 Å². The number of nitrogens with zero attached hydrogens (tertiary/aromatic N) is 2. The molecular weight excluding hydrogens is 406 g/mol. The number of furan rings is 1. The number of anilines is 1. The first-order valence-electron chi connectivity index (χ1n) is 11.1. The van der Waals surface area contributed by atoms with Gasteiger partial charge in [0, 0.05) is 23.2 Å². The molecule has 1 atom stereocenters. The lowest BCUT2D eigenvalue weighted by Crippen LogP contribution is -2.44. The van der Waals surface area contributed by atoms with Crippen molar-refractivity contribution >= 4 is 28.5 Å². The number of ether oxygens (including phenoxy) is 1. The largest absolute Gasteiger partial charge is 0.491 e. The second kappa shape index (κ2) is 8.67. The lowest BCUT2D eigenvalue weighted by atomic mass is 10.0. The second-order valence-electron chi connectivity index (χ2n) is 8.53. The number of rotatable bonds is 3. The molecule has 32 heavy (non-hydrogen) atoms. The normalized spacial score (nSPS) is 19.2. The van der Waals surface area contributed by atoms with Gasteiger partial charge in [0.2, 0.25) is 5.91 Å². The Kier molecular flexibility index (Phi) is 5.57. The lowest BCUT2D eigenvalue weighted by Gasteiger charge is -2.31. The maximum Gasteiger partial charge on any atom is 0.290 e. The molecule has 166 valence electrons. The Balaban J connectivity index is 1.32. The number of benzene rings is 2. The number of carbonyl (C=O) groups is 2. The van der Waals surface area contributed by atoms with Gasteiger partial charge >= 0.3 is 0 Å². The van der Waals surface area contributed by atoms with Crippen LogP contribution in [0.3, 0.4) is 0 Å². The first kappa shape index (κ1) is 20.6. The molecule has 3 aromatic rings. The summed E-state index contributed by atoms with van der Waals surface area (Å²) in [5, 5.41) is 3.81. The van der Waals surface area contributed by atoms with Gasteiger partial charge < -0.3 is 19.4 Å². The van der Waals surface area contributed by atoms with Crippen molar-refractivity contribution in [2.45, 2.75) is 31.8 Å². The van der Waals surface area contributed by atoms with Crippen molar-refractivity contribution in [1.82, 2.24) is 9.80 Å². The Hall–Kier alpha value is -3.32. The highest BCUT2D eigenvalue weighted by molar-refractivity contribution is 5.99. The lowest BCUT2D eigenvalue weighted by molar-refractivity contribution is -0.121. The first-order valence-corrected chi connectivity index (χ1v) is 11.1. The van der Waals surface area contributed by atoms with Crippen LogP contribution in [0.5, 0.6) is 5.75 Å². The van der Waals surface area contributed by atoms with E-state index in [2.05, 4.69) is 10.2 Å². The van der Waals surface area contributed by atoms with Crippen LogP contribution in [0.2, 0.25) is 0 Å². The first-order chi connectivity index (χ1) is 15.6. The van der Waals surface area contributed by atoms with Crippen molar-refractivity contribution in [3.05, 3.63) is 59.9 Å². The molecule has 7 heteroatoms. The third-order valence-electron chi connectivity index (χ3n) is 6.31. The highest BCUT2D eigenvalue weighted by Crippen LogP contribution is 2.27. The molecule has 3 heterocycles. The molecule has 2 aliphatic rings. The fourth-order valence-electron chi connectivity index (χ4n) is 4.51. The van der Waals surface area contributed by atoms with Crippen LogP contribution < -0.4 is 10.1 Å². The molecule has 2 aliphatic heterocycles. The number of likely N-dealkylation sites (tertiary alicyclic amines) is 1. The van der Waals surface area contributed by atoms with Crippen molar-refractivity contribution in [3.8, 4) is 5.75 Å². The van der Waals surface area contributed by atoms with E-state index in [1.807, 2.05) is 43.4 Å². The van der Waals surface area contributed by atoms with Crippen LogP contribution in [0.1, 0.15) is 35.4 Å². The van der Waals surface area contributed by atoms with Gasteiger partial charge in [-0.25, -0.2) is 0 Å². The SMILES string of the molecule is CN1CCCCC1C(=O)Nc1ccc2oc(C(=O)N3CCOc4ccccc4C3)cc2c1. The Morgan fingerprint density at radius 2 is 1.94 bits per heavy atom. The molecule has 0 aliphatic carbocycles. The summed E-state index contributed by atoms with van der Waals surface area (Å²) in [6, 6.07) is 14.9. The molecular formula is C25H27N3O4. The van der Waals surface area contributed by atoms with Crippen molar-refractivity contribution in [2.75, 3.05) is 32.1 Å². The van der Waals surface area contributed by atoms with Crippen LogP contribution >= 0.6 is 0 Å². The molecule has 2 aromatic carbocycles. The van der Waals surface area contributed by atoms with Gasteiger partial charge in [0.05, 0.1) is 12.6 Å². The molecule has 1 fully saturated rings. The average Bonchev–Trinajstić information content (AvgIpc) is 3.10. The highest BCUT2D eigenvalue weighted by atomic mass is 16.5. The van der Waals surface area contributed by atoms with Gasteiger partial charge in [-0.3, -0.25) is 14.5 Å². The Bertz CT molecular complexity index is 1160. The van der Waals surface area contributed by atoms with E-state index in [9.17, 15) is 9.59 Å². The van der Waals surface area contributed by atoms with Gasteiger partial charge in [0.25, 0.3) is 5.91 Å². The average molecular weight is 434 g/mol. The Morgan fingerprint density at radius 1 is 1.06 bits per heavy atom. The molecule has 0 saturated carbocycles. The number of hydrogen-bond acceptors (Lipinski definition) is 5. The third-order valence-corrected chi connectivity index (χ3v) is 6.31. The molecule has 2 amide bonds. The quantitative estimate of drug-likeness (QED) is 0.678. The fraction of sp³-hybridized carbons (Fsp3) is 0.360. The maximum atomic E-state index is 13.1. The summed E-state index contributed by atoms with van der Waals surface area (Å²) in [6.07, 6.45) is 3.07. The third kappa shape index (κ3) is 4.08. The van der Waals surface area contributed by atoms with Crippen LogP contribution in [0.15, 0.2) is 52.9 Å². The van der Waals surface area contributed by atoms with E-state index < -0.39 is 0 Å². The van der Waals surface area contributed by atoms with Gasteiger partial charge in [0.15, 0.2) is 5.76 Å². The molecule has 1 saturated heterocycles. The maximum absolute atomic E-state index is 13.1. The van der Waals surface area contributed by atoms with Crippen molar-refractivity contribution in [2.24, 2.45) is 0 Å². The van der Waals surface area contributed by atoms with Gasteiger partial charge in [-0.2, -0.15) is 0 Å². The van der Waals surface area contributed by atoms with Crippen molar-refractivity contribution in [1.29, 1.82) is 0 Å². The van der Waals surface area contributed by atoms with Crippen LogP contribution in [0.25, 0.3) is 11.0 Å². The van der Waals surface area contributed by atoms with E-state index in [0.717, 1.165) is 42.5 Å². The van der Waals surface area contributed by atoms with Crippen molar-refractivity contribution in [3.63, 3.8) is 0 Å². The minimum Gasteiger partial charge on any atom is -0.491 e. The number of likely N-dealkylation sites (N-methyl/N-ethyl adjacent to an activating group) is 1. The standard InChI is InChI=1S/C25H27N3O4/c1-27-11-5-4-7-20(27)24(29)26-19-9-10-22-18(14-19)15-23(32-22)25(30)28-12-13-31-21-8-3-2-6-17(21)16-28/h2-3,6,8-10,14-15,20H,4-5,7,11-13,16H2,1H3,(H,26,29). The summed E-state index contributed by atoms with van der Waals surface area (Å²) in [7, 11) is 1.99. The predicted octanol–water partition coefficient (Wildman–Crippen LogP) is 3.89. The molecule has 1 N–H and O–H groups in total. The summed E-state index contributed by atoms with van der Waals surface area (Å²) in [5.74, 6) is 0.941. The van der Waals surface area contributed by atoms with Crippen LogP contribution in [0, 0.1) is 0 Å². The van der Waals surface area contributed by atoms with E-state index in [-0.39, 0.29) is 23.6 Å². The minimum absolute atomic E-state index is 0.00887. The zero-order chi connectivity index (χ0) is 22.1. The monoisotopic (exact) mass is 433 g/mol. The molecule has 0 spiro atoms. The number of hydrogen-bond donors (Lipinski definition) is 1. The predicted molar refractivity (Wildman–Crippen MR) is 122 cm³/mol. The summed E-state index contributed by atoms with van der Waals surface area (Å²) in [6.45, 7) is 2.34. The molecule has 0 bridgehead atoms. The summed E-state index contributed by atoms with van der Waals surface area (Å²) < 4.78 is 11.6. The summed E-state index contributed by atoms with van der Waals surface area (Å²) in [5.41, 5.74) is 2.30. The number of amides is 2. The number of para-hydroxylation sites is 1. The minimum atomic E-state index is -0.170. The zero-order valence-electron chi connectivity index (χ0n) is 18.2. The molecule has 0 radical (unpaired) electrons. The van der Waals surface area contributed by atoms with E-state index in [0.29, 0.717) is 31.0 Å². The van der Waals surface area contributed by atoms with E-state index in [4.69, 9.17) is 9.15 Å². The van der Waals surface area contributed by atoms with Crippen LogP contribution in [-0.2, 0) is 11.3 Å². The molecule has 1 aromatic heterocycles. The zero-order valence-corrected chi connectivity index (χ0v) is 18.2. The number of piperidine rings is 1. The molecule has 7 nitrogen and oxygen atoms in total. The number of fused-ring (bicyclic) bond motifs is 2. The van der Waals surface area contributed by atoms with Crippen LogP contribution in [0.4, 0.5) is 5.69 Å². The van der Waals surface area contributed by atoms with Gasteiger partial charge in [-0.1, -0.05) is 24.6 Å². The van der Waals surface area contributed by atoms with Crippen molar-refractivity contribution < 1.29 is 18.7 Å². The second-order valence-corrected chi connectivity index (χ2v) is 8.53. The topological polar surface area (TPSA) is 75.0 Å². The Morgan fingerprint density at radius 3 is 2.81 bits per heavy atom. The summed E-state index contributed by atoms with van der Waals surface area (Å²) in [4.78, 5) is 29.7. The highest BCUT2D eigenvalue weighted by Gasteiger charge is 2.26. The summed E-state index contributed by atoms with van der Waals surface area (Å²) >= 11 is 0. The molecule has 5 rings (SSSR count). The van der Waals surface area contributed by atoms with E-state index >= 15 is 0 Å². The smallest absolute Gasteiger partial charge is 0.290 e. The number of carbonyl (C=O) groups excluding carboxylic acids is 2. The van der Waals surface area contributed by atoms with Crippen LogP contribution in [-0.4, -0.2) is 54.4 Å². The van der Waals surface area contributed by atoms with Gasteiger partial charge in [0.1, 0.15) is 17.9 Å². The molecule has 1 unspecified atom stereocenters. The van der Waals surface area contributed by atoms with E-state index in [1.54, 1.807) is 17.0 Å². The Labute approximate surface area is 186 Å².